The topological polar surface area (TPSA) is 98.5 Å². The highest BCUT2D eigenvalue weighted by Crippen LogP contribution is 2.30. The molecule has 0 aliphatic heterocycles. The van der Waals surface area contributed by atoms with Crippen molar-refractivity contribution in [3.05, 3.63) is 42.7 Å². The van der Waals surface area contributed by atoms with Crippen LogP contribution in [0.25, 0.3) is 16.7 Å². The van der Waals surface area contributed by atoms with E-state index in [4.69, 9.17) is 14.6 Å². The number of benzene rings is 1. The summed E-state index contributed by atoms with van der Waals surface area (Å²) in [6.45, 7) is 2.73. The minimum absolute atomic E-state index is 0.225. The maximum absolute atomic E-state index is 10.6. The molecule has 2 heterocycles. The van der Waals surface area contributed by atoms with E-state index in [1.807, 2.05) is 24.4 Å². The summed E-state index contributed by atoms with van der Waals surface area (Å²) in [5.41, 5.74) is 0.851. The molecule has 1 aliphatic rings. The van der Waals surface area contributed by atoms with Gasteiger partial charge in [-0.15, -0.1) is 0 Å². The van der Waals surface area contributed by atoms with E-state index in [0.29, 0.717) is 17.5 Å². The molecule has 1 saturated carbocycles. The lowest BCUT2D eigenvalue weighted by molar-refractivity contribution is 0.183. The largest absolute Gasteiger partial charge is 0.493 e. The van der Waals surface area contributed by atoms with Crippen molar-refractivity contribution < 1.29 is 19.4 Å². The van der Waals surface area contributed by atoms with Gasteiger partial charge >= 0.3 is 6.09 Å². The number of amides is 1. The second-order valence-corrected chi connectivity index (χ2v) is 7.06. The Labute approximate surface area is 162 Å². The van der Waals surface area contributed by atoms with E-state index in [2.05, 4.69) is 15.4 Å². The molecule has 0 unspecified atom stereocenters. The summed E-state index contributed by atoms with van der Waals surface area (Å²) in [7, 11) is 0. The Kier molecular flexibility index (Phi) is 5.01. The van der Waals surface area contributed by atoms with Crippen LogP contribution in [-0.2, 0) is 0 Å². The van der Waals surface area contributed by atoms with Crippen LogP contribution in [0.15, 0.2) is 42.7 Å². The van der Waals surface area contributed by atoms with Crippen LogP contribution in [0.5, 0.6) is 11.5 Å². The van der Waals surface area contributed by atoms with E-state index < -0.39 is 6.09 Å². The fourth-order valence-corrected chi connectivity index (χ4v) is 2.77. The minimum atomic E-state index is -1.07. The molecule has 2 aromatic heterocycles. The molecular formula is C20H22N4O4. The summed E-state index contributed by atoms with van der Waals surface area (Å²) < 4.78 is 13.1. The molecule has 1 atom stereocenters. The quantitative estimate of drug-likeness (QED) is 0.621. The van der Waals surface area contributed by atoms with Crippen LogP contribution < -0.4 is 14.8 Å². The van der Waals surface area contributed by atoms with E-state index in [-0.39, 0.29) is 12.6 Å². The predicted molar refractivity (Wildman–Crippen MR) is 103 cm³/mol. The van der Waals surface area contributed by atoms with Gasteiger partial charge in [-0.05, 0) is 49.9 Å². The lowest BCUT2D eigenvalue weighted by Gasteiger charge is -2.12. The molecule has 8 heteroatoms. The lowest BCUT2D eigenvalue weighted by Crippen LogP contribution is -2.35. The van der Waals surface area contributed by atoms with Crippen molar-refractivity contribution in [3.63, 3.8) is 0 Å². The summed E-state index contributed by atoms with van der Waals surface area (Å²) in [6.07, 6.45) is 4.96. The first kappa shape index (κ1) is 18.1. The number of pyridine rings is 1. The fourth-order valence-electron chi connectivity index (χ4n) is 2.77. The molecule has 0 spiro atoms. The summed E-state index contributed by atoms with van der Waals surface area (Å²) in [5, 5.41) is 16.6. The monoisotopic (exact) mass is 382 g/mol. The van der Waals surface area contributed by atoms with E-state index in [1.165, 1.54) is 12.8 Å². The van der Waals surface area contributed by atoms with E-state index in [0.717, 1.165) is 23.3 Å². The highest BCUT2D eigenvalue weighted by atomic mass is 16.5. The highest BCUT2D eigenvalue weighted by Gasteiger charge is 2.22. The Bertz CT molecular complexity index is 966. The van der Waals surface area contributed by atoms with Crippen LogP contribution in [0.4, 0.5) is 4.79 Å². The molecule has 0 saturated heterocycles. The maximum atomic E-state index is 10.6. The Morgan fingerprint density at radius 2 is 2.11 bits per heavy atom. The van der Waals surface area contributed by atoms with Crippen molar-refractivity contribution in [2.45, 2.75) is 25.8 Å². The predicted octanol–water partition coefficient (Wildman–Crippen LogP) is 3.24. The molecule has 0 radical (unpaired) electrons. The third kappa shape index (κ3) is 4.51. The van der Waals surface area contributed by atoms with Gasteiger partial charge in [0.2, 0.25) is 0 Å². The van der Waals surface area contributed by atoms with Crippen molar-refractivity contribution in [2.24, 2.45) is 5.92 Å². The van der Waals surface area contributed by atoms with Gasteiger partial charge in [0.15, 0.2) is 5.82 Å². The molecular weight excluding hydrogens is 360 g/mol. The van der Waals surface area contributed by atoms with Crippen LogP contribution in [-0.4, -0.2) is 45.2 Å². The van der Waals surface area contributed by atoms with Crippen LogP contribution in [0.1, 0.15) is 19.8 Å². The fraction of sp³-hybridized carbons (Fsp3) is 0.350. The zero-order valence-electron chi connectivity index (χ0n) is 15.5. The molecule has 1 aromatic carbocycles. The number of rotatable bonds is 8. The molecule has 0 bridgehead atoms. The Morgan fingerprint density at radius 3 is 2.82 bits per heavy atom. The first-order valence-corrected chi connectivity index (χ1v) is 9.28. The van der Waals surface area contributed by atoms with Crippen LogP contribution >= 0.6 is 0 Å². The molecule has 3 aromatic rings. The SMILES string of the molecule is C[C@@H](COc1ccc(-n2cc3ccc(OCC4CC4)cc3n2)nc1)NC(=O)O. The number of aromatic nitrogens is 3. The van der Waals surface area contributed by atoms with Gasteiger partial charge in [0.25, 0.3) is 0 Å². The molecule has 146 valence electrons. The number of nitrogens with zero attached hydrogens (tertiary/aromatic N) is 3. The zero-order valence-corrected chi connectivity index (χ0v) is 15.5. The average Bonchev–Trinajstić information content (AvgIpc) is 3.41. The normalized spacial score (nSPS) is 14.6. The van der Waals surface area contributed by atoms with E-state index >= 15 is 0 Å². The number of carbonyl (C=O) groups is 1. The summed E-state index contributed by atoms with van der Waals surface area (Å²) in [6, 6.07) is 9.18. The van der Waals surface area contributed by atoms with Crippen molar-refractivity contribution in [3.8, 4) is 17.3 Å². The zero-order chi connectivity index (χ0) is 19.5. The van der Waals surface area contributed by atoms with Crippen molar-refractivity contribution in [1.29, 1.82) is 0 Å². The van der Waals surface area contributed by atoms with Gasteiger partial charge in [-0.2, -0.15) is 5.10 Å². The Morgan fingerprint density at radius 1 is 1.29 bits per heavy atom. The second-order valence-electron chi connectivity index (χ2n) is 7.06. The number of carboxylic acid groups (broad SMARTS) is 1. The number of fused-ring (bicyclic) bond motifs is 1. The first-order valence-electron chi connectivity index (χ1n) is 9.28. The Balaban J connectivity index is 1.41. The third-order valence-corrected chi connectivity index (χ3v) is 4.49. The van der Waals surface area contributed by atoms with Gasteiger partial charge in [-0.3, -0.25) is 0 Å². The number of hydrogen-bond donors (Lipinski definition) is 2. The minimum Gasteiger partial charge on any atom is -0.493 e. The smallest absolute Gasteiger partial charge is 0.404 e. The second kappa shape index (κ2) is 7.75. The molecule has 28 heavy (non-hydrogen) atoms. The van der Waals surface area contributed by atoms with Gasteiger partial charge in [0, 0.05) is 17.6 Å². The summed E-state index contributed by atoms with van der Waals surface area (Å²) in [4.78, 5) is 15.0. The summed E-state index contributed by atoms with van der Waals surface area (Å²) in [5.74, 6) is 2.78. The Hall–Kier alpha value is -3.29. The maximum Gasteiger partial charge on any atom is 0.404 e. The van der Waals surface area contributed by atoms with Crippen LogP contribution in [0, 0.1) is 5.92 Å². The standard InChI is InChI=1S/C20H22N4O4/c1-13(22-20(25)26)11-27-17-6-7-19(21-9-17)24-10-15-4-5-16(8-18(15)23-24)28-12-14-2-3-14/h4-10,13-14,22H,2-3,11-12H2,1H3,(H,25,26)/t13-/m0/s1. The first-order chi connectivity index (χ1) is 13.6. The molecule has 1 aliphatic carbocycles. The van der Waals surface area contributed by atoms with Crippen LogP contribution in [0.3, 0.4) is 0 Å². The molecule has 2 N–H and O–H groups in total. The lowest BCUT2D eigenvalue weighted by atomic mass is 10.2. The van der Waals surface area contributed by atoms with Gasteiger partial charge < -0.3 is 19.9 Å². The highest BCUT2D eigenvalue weighted by molar-refractivity contribution is 5.80. The van der Waals surface area contributed by atoms with Crippen LogP contribution in [0.2, 0.25) is 0 Å². The summed E-state index contributed by atoms with van der Waals surface area (Å²) >= 11 is 0. The number of nitrogens with one attached hydrogen (secondary N) is 1. The van der Waals surface area contributed by atoms with E-state index in [1.54, 1.807) is 29.9 Å². The molecule has 1 fully saturated rings. The third-order valence-electron chi connectivity index (χ3n) is 4.49. The van der Waals surface area contributed by atoms with Crippen molar-refractivity contribution in [2.75, 3.05) is 13.2 Å². The van der Waals surface area contributed by atoms with Crippen molar-refractivity contribution in [1.82, 2.24) is 20.1 Å². The van der Waals surface area contributed by atoms with Gasteiger partial charge in [0.1, 0.15) is 18.1 Å². The van der Waals surface area contributed by atoms with Gasteiger partial charge in [-0.25, -0.2) is 14.5 Å². The van der Waals surface area contributed by atoms with Gasteiger partial charge in [0.05, 0.1) is 24.4 Å². The van der Waals surface area contributed by atoms with Crippen molar-refractivity contribution >= 4 is 17.0 Å². The number of ether oxygens (including phenoxy) is 2. The molecule has 4 rings (SSSR count). The average molecular weight is 382 g/mol. The van der Waals surface area contributed by atoms with E-state index in [9.17, 15) is 4.79 Å². The number of hydrogen-bond acceptors (Lipinski definition) is 5. The molecule has 8 nitrogen and oxygen atoms in total. The van der Waals surface area contributed by atoms with Gasteiger partial charge in [-0.1, -0.05) is 0 Å². The molecule has 1 amide bonds.